The molecule has 0 N–H and O–H groups in total. The SMILES string of the molecule is CC(C)(C)CC(C)(C)ON=O. The summed E-state index contributed by atoms with van der Waals surface area (Å²) in [5, 5.41) is 2.44. The maximum absolute atomic E-state index is 9.83. The summed E-state index contributed by atoms with van der Waals surface area (Å²) in [6.07, 6.45) is 0.811. The minimum atomic E-state index is -0.444. The Labute approximate surface area is 68.1 Å². The molecule has 0 aliphatic rings. The lowest BCUT2D eigenvalue weighted by Gasteiger charge is -2.28. The topological polar surface area (TPSA) is 38.7 Å². The minimum Gasteiger partial charge on any atom is -0.358 e. The van der Waals surface area contributed by atoms with Crippen molar-refractivity contribution in [3.05, 3.63) is 4.91 Å². The number of hydrogen-bond acceptors (Lipinski definition) is 3. The summed E-state index contributed by atoms with van der Waals surface area (Å²) in [5.74, 6) is 0. The van der Waals surface area contributed by atoms with Gasteiger partial charge in [0.1, 0.15) is 5.60 Å². The van der Waals surface area contributed by atoms with Gasteiger partial charge in [-0.1, -0.05) is 20.8 Å². The average molecular weight is 159 g/mol. The first-order valence-corrected chi connectivity index (χ1v) is 3.78. The van der Waals surface area contributed by atoms with Gasteiger partial charge in [0.05, 0.1) is 0 Å². The molecule has 0 radical (unpaired) electrons. The normalized spacial score (nSPS) is 12.8. The number of hydrogen-bond donors (Lipinski definition) is 0. The predicted molar refractivity (Wildman–Crippen MR) is 45.0 cm³/mol. The molecule has 3 heteroatoms. The molecule has 0 aliphatic carbocycles. The van der Waals surface area contributed by atoms with Crippen LogP contribution in [0.5, 0.6) is 0 Å². The quantitative estimate of drug-likeness (QED) is 0.469. The molecule has 0 heterocycles. The third-order valence-electron chi connectivity index (χ3n) is 1.24. The van der Waals surface area contributed by atoms with E-state index in [0.29, 0.717) is 0 Å². The maximum Gasteiger partial charge on any atom is 0.155 e. The van der Waals surface area contributed by atoms with Crippen LogP contribution in [0.1, 0.15) is 41.0 Å². The van der Waals surface area contributed by atoms with Gasteiger partial charge in [-0.25, -0.2) is 0 Å². The van der Waals surface area contributed by atoms with Crippen molar-refractivity contribution in [2.24, 2.45) is 10.8 Å². The highest BCUT2D eigenvalue weighted by Crippen LogP contribution is 2.29. The van der Waals surface area contributed by atoms with Crippen molar-refractivity contribution >= 4 is 0 Å². The van der Waals surface area contributed by atoms with E-state index in [1.807, 2.05) is 13.8 Å². The van der Waals surface area contributed by atoms with Crippen LogP contribution in [0.2, 0.25) is 0 Å². The smallest absolute Gasteiger partial charge is 0.155 e. The zero-order valence-electron chi connectivity index (χ0n) is 7.97. The Hall–Kier alpha value is -0.600. The average Bonchev–Trinajstić information content (AvgIpc) is 1.55. The van der Waals surface area contributed by atoms with Gasteiger partial charge >= 0.3 is 0 Å². The van der Waals surface area contributed by atoms with Crippen LogP contribution in [0, 0.1) is 10.3 Å². The zero-order chi connectivity index (χ0) is 9.12. The molecule has 0 atom stereocenters. The van der Waals surface area contributed by atoms with Crippen molar-refractivity contribution in [2.75, 3.05) is 0 Å². The molecule has 66 valence electrons. The second-order valence-corrected chi connectivity index (χ2v) is 4.66. The maximum atomic E-state index is 9.83. The molecular weight excluding hydrogens is 142 g/mol. The van der Waals surface area contributed by atoms with Crippen LogP contribution < -0.4 is 0 Å². The van der Waals surface area contributed by atoms with Gasteiger partial charge in [-0.2, -0.15) is 0 Å². The molecule has 0 rings (SSSR count). The Morgan fingerprint density at radius 3 is 1.91 bits per heavy atom. The van der Waals surface area contributed by atoms with E-state index >= 15 is 0 Å². The molecule has 0 aromatic heterocycles. The summed E-state index contributed by atoms with van der Waals surface area (Å²) >= 11 is 0. The van der Waals surface area contributed by atoms with E-state index in [0.717, 1.165) is 6.42 Å². The monoisotopic (exact) mass is 159 g/mol. The van der Waals surface area contributed by atoms with Crippen LogP contribution in [0.4, 0.5) is 0 Å². The van der Waals surface area contributed by atoms with Gasteiger partial charge in [0, 0.05) is 0 Å². The van der Waals surface area contributed by atoms with Crippen LogP contribution in [-0.2, 0) is 4.84 Å². The highest BCUT2D eigenvalue weighted by Gasteiger charge is 2.27. The Bertz CT molecular complexity index is 136. The molecule has 0 aliphatic heterocycles. The summed E-state index contributed by atoms with van der Waals surface area (Å²) in [6.45, 7) is 10.0. The second kappa shape index (κ2) is 3.20. The highest BCUT2D eigenvalue weighted by molar-refractivity contribution is 4.76. The molecule has 0 fully saturated rings. The van der Waals surface area contributed by atoms with E-state index in [-0.39, 0.29) is 5.41 Å². The Morgan fingerprint density at radius 1 is 1.18 bits per heavy atom. The Morgan fingerprint density at radius 2 is 1.64 bits per heavy atom. The fourth-order valence-corrected chi connectivity index (χ4v) is 1.41. The predicted octanol–water partition coefficient (Wildman–Crippen LogP) is 2.90. The first-order chi connectivity index (χ1) is 4.77. The van der Waals surface area contributed by atoms with Crippen LogP contribution in [-0.4, -0.2) is 5.60 Å². The van der Waals surface area contributed by atoms with Crippen molar-refractivity contribution in [3.8, 4) is 0 Å². The van der Waals surface area contributed by atoms with Gasteiger partial charge in [-0.3, -0.25) is 0 Å². The van der Waals surface area contributed by atoms with E-state index in [9.17, 15) is 4.91 Å². The third-order valence-corrected chi connectivity index (χ3v) is 1.24. The Kier molecular flexibility index (Phi) is 3.02. The molecular formula is C8H17NO2. The van der Waals surface area contributed by atoms with E-state index in [4.69, 9.17) is 0 Å². The zero-order valence-corrected chi connectivity index (χ0v) is 7.97. The standard InChI is InChI=1S/C8H17NO2/c1-7(2,3)6-8(4,5)11-9-10/h6H2,1-5H3. The molecule has 0 bridgehead atoms. The van der Waals surface area contributed by atoms with Crippen LogP contribution in [0.15, 0.2) is 5.34 Å². The van der Waals surface area contributed by atoms with E-state index < -0.39 is 5.60 Å². The van der Waals surface area contributed by atoms with Gasteiger partial charge in [-0.05, 0) is 25.7 Å². The highest BCUT2D eigenvalue weighted by atomic mass is 16.7. The molecule has 0 saturated carbocycles. The second-order valence-electron chi connectivity index (χ2n) is 4.66. The molecule has 0 spiro atoms. The molecule has 0 amide bonds. The molecule has 3 nitrogen and oxygen atoms in total. The lowest BCUT2D eigenvalue weighted by Crippen LogP contribution is -2.28. The fraction of sp³-hybridized carbons (Fsp3) is 1.00. The summed E-state index contributed by atoms with van der Waals surface area (Å²) in [6, 6.07) is 0. The first-order valence-electron chi connectivity index (χ1n) is 3.78. The van der Waals surface area contributed by atoms with Gasteiger partial charge in [0.2, 0.25) is 0 Å². The summed E-state index contributed by atoms with van der Waals surface area (Å²) in [5.41, 5.74) is -0.284. The van der Waals surface area contributed by atoms with Crippen molar-refractivity contribution in [1.29, 1.82) is 0 Å². The van der Waals surface area contributed by atoms with Crippen LogP contribution >= 0.6 is 0 Å². The third kappa shape index (κ3) is 5.83. The van der Waals surface area contributed by atoms with E-state index in [2.05, 4.69) is 30.9 Å². The van der Waals surface area contributed by atoms with Crippen molar-refractivity contribution in [3.63, 3.8) is 0 Å². The van der Waals surface area contributed by atoms with Crippen molar-refractivity contribution in [2.45, 2.75) is 46.6 Å². The van der Waals surface area contributed by atoms with Crippen LogP contribution in [0.25, 0.3) is 0 Å². The first kappa shape index (κ1) is 10.4. The molecule has 0 aromatic carbocycles. The Balaban J connectivity index is 4.00. The molecule has 0 saturated heterocycles. The molecule has 0 aromatic rings. The van der Waals surface area contributed by atoms with Gasteiger partial charge in [0.25, 0.3) is 0 Å². The van der Waals surface area contributed by atoms with Gasteiger partial charge < -0.3 is 4.84 Å². The summed E-state index contributed by atoms with van der Waals surface area (Å²) in [4.78, 5) is 14.5. The molecule has 0 unspecified atom stereocenters. The van der Waals surface area contributed by atoms with Crippen molar-refractivity contribution < 1.29 is 4.84 Å². The van der Waals surface area contributed by atoms with Gasteiger partial charge in [-0.15, -0.1) is 4.91 Å². The minimum absolute atomic E-state index is 0.161. The number of rotatable bonds is 3. The number of nitrogens with zero attached hydrogens (tertiary/aromatic N) is 1. The summed E-state index contributed by atoms with van der Waals surface area (Å²) < 4.78 is 0. The lowest BCUT2D eigenvalue weighted by molar-refractivity contribution is -0.0435. The van der Waals surface area contributed by atoms with Crippen molar-refractivity contribution in [1.82, 2.24) is 0 Å². The van der Waals surface area contributed by atoms with Crippen LogP contribution in [0.3, 0.4) is 0 Å². The van der Waals surface area contributed by atoms with E-state index in [1.165, 1.54) is 0 Å². The fourth-order valence-electron chi connectivity index (χ4n) is 1.41. The van der Waals surface area contributed by atoms with E-state index in [1.54, 1.807) is 0 Å². The summed E-state index contributed by atoms with van der Waals surface area (Å²) in [7, 11) is 0. The molecule has 11 heavy (non-hydrogen) atoms. The largest absolute Gasteiger partial charge is 0.358 e. The lowest BCUT2D eigenvalue weighted by atomic mass is 9.84. The van der Waals surface area contributed by atoms with Gasteiger partial charge in [0.15, 0.2) is 5.34 Å².